The highest BCUT2D eigenvalue weighted by atomic mass is 16.5. The second-order valence-corrected chi connectivity index (χ2v) is 15.2. The number of aliphatic hydroxyl groups is 2. The Hall–Kier alpha value is -1.79. The zero-order valence-corrected chi connectivity index (χ0v) is 27.6. The van der Waals surface area contributed by atoms with Gasteiger partial charge in [0, 0.05) is 6.42 Å². The number of hydrogen-bond acceptors (Lipinski definition) is 6. The number of ether oxygens (including phenoxy) is 3. The van der Waals surface area contributed by atoms with Crippen LogP contribution in [0.5, 0.6) is 11.5 Å². The fourth-order valence-electron chi connectivity index (χ4n) is 11.0. The van der Waals surface area contributed by atoms with Crippen LogP contribution in [0.2, 0.25) is 0 Å². The van der Waals surface area contributed by atoms with Crippen molar-refractivity contribution in [2.75, 3.05) is 20.8 Å². The molecule has 6 heteroatoms. The third kappa shape index (κ3) is 6.09. The minimum Gasteiger partial charge on any atom is -0.493 e. The molecule has 4 aliphatic carbocycles. The van der Waals surface area contributed by atoms with Gasteiger partial charge < -0.3 is 24.4 Å². The number of carbonyl (C=O) groups is 1. The highest BCUT2D eigenvalue weighted by Crippen LogP contribution is 2.69. The van der Waals surface area contributed by atoms with E-state index < -0.39 is 0 Å². The Bertz CT molecular complexity index is 1100. The van der Waals surface area contributed by atoms with Crippen LogP contribution in [-0.2, 0) is 16.0 Å². The molecule has 0 heterocycles. The Morgan fingerprint density at radius 2 is 1.70 bits per heavy atom. The molecule has 0 saturated heterocycles. The molecule has 1 aromatic rings. The van der Waals surface area contributed by atoms with Crippen LogP contribution in [0.3, 0.4) is 0 Å². The molecule has 5 rings (SSSR count). The van der Waals surface area contributed by atoms with Gasteiger partial charge in [0.2, 0.25) is 0 Å². The average Bonchev–Trinajstić information content (AvgIpc) is 3.35. The number of methoxy groups -OCH3 is 2. The first-order valence-electron chi connectivity index (χ1n) is 17.3. The van der Waals surface area contributed by atoms with Gasteiger partial charge in [0.25, 0.3) is 0 Å². The zero-order valence-electron chi connectivity index (χ0n) is 27.6. The van der Waals surface area contributed by atoms with Gasteiger partial charge in [-0.2, -0.15) is 0 Å². The molecule has 4 saturated carbocycles. The van der Waals surface area contributed by atoms with Crippen molar-refractivity contribution < 1.29 is 29.2 Å². The molecule has 43 heavy (non-hydrogen) atoms. The molecular formula is C37H58O6. The number of carbonyl (C=O) groups excluding carboxylic acids is 1. The molecule has 0 amide bonds. The molecule has 6 nitrogen and oxygen atoms in total. The van der Waals surface area contributed by atoms with Crippen LogP contribution in [0, 0.1) is 52.3 Å². The highest BCUT2D eigenvalue weighted by Gasteiger charge is 2.64. The lowest BCUT2D eigenvalue weighted by atomic mass is 9.41. The SMILES string of the molecule is CC[C@H]1[C@@H](O)[C@@H]2[C@H](CC[C@]3(C)[C@@H]([C@H](C)CCOC(=O)CCCc4ccc(OC)c(OC)c4)CC[C@@H]23)[C@@]2(C)CC[C@@H](O)C[C@@H]12. The Morgan fingerprint density at radius 3 is 2.42 bits per heavy atom. The average molecular weight is 599 g/mol. The van der Waals surface area contributed by atoms with Crippen LogP contribution < -0.4 is 9.47 Å². The van der Waals surface area contributed by atoms with Gasteiger partial charge in [-0.15, -0.1) is 0 Å². The van der Waals surface area contributed by atoms with E-state index in [4.69, 9.17) is 14.2 Å². The van der Waals surface area contributed by atoms with Gasteiger partial charge in [-0.05, 0) is 134 Å². The summed E-state index contributed by atoms with van der Waals surface area (Å²) >= 11 is 0. The summed E-state index contributed by atoms with van der Waals surface area (Å²) in [4.78, 5) is 12.6. The maximum absolute atomic E-state index is 12.6. The first kappa shape index (κ1) is 32.6. The number of aliphatic hydroxyl groups excluding tert-OH is 2. The van der Waals surface area contributed by atoms with Crippen molar-refractivity contribution in [2.24, 2.45) is 52.3 Å². The number of esters is 1. The summed E-state index contributed by atoms with van der Waals surface area (Å²) in [6.07, 6.45) is 11.2. The quantitative estimate of drug-likeness (QED) is 0.262. The minimum atomic E-state index is -0.253. The normalized spacial score (nSPS) is 39.3. The van der Waals surface area contributed by atoms with Crippen LogP contribution in [0.4, 0.5) is 0 Å². The molecule has 0 aliphatic heterocycles. The number of benzene rings is 1. The van der Waals surface area contributed by atoms with Gasteiger partial charge in [0.1, 0.15) is 0 Å². The third-order valence-electron chi connectivity index (χ3n) is 13.3. The summed E-state index contributed by atoms with van der Waals surface area (Å²) in [6.45, 7) is 10.1. The first-order valence-corrected chi connectivity index (χ1v) is 17.3. The Labute approximate surface area is 260 Å². The van der Waals surface area contributed by atoms with E-state index in [0.29, 0.717) is 66.0 Å². The Morgan fingerprint density at radius 1 is 0.977 bits per heavy atom. The largest absolute Gasteiger partial charge is 0.493 e. The molecule has 0 unspecified atom stereocenters. The number of aryl methyl sites for hydroxylation is 1. The molecule has 0 spiro atoms. The van der Waals surface area contributed by atoms with Crippen LogP contribution in [0.25, 0.3) is 0 Å². The highest BCUT2D eigenvalue weighted by molar-refractivity contribution is 5.69. The second-order valence-electron chi connectivity index (χ2n) is 15.2. The van der Waals surface area contributed by atoms with Crippen LogP contribution >= 0.6 is 0 Å². The molecule has 0 radical (unpaired) electrons. The van der Waals surface area contributed by atoms with E-state index in [-0.39, 0.29) is 29.0 Å². The van der Waals surface area contributed by atoms with E-state index in [1.54, 1.807) is 14.2 Å². The summed E-state index contributed by atoms with van der Waals surface area (Å²) in [6, 6.07) is 5.90. The molecule has 11 atom stereocenters. The smallest absolute Gasteiger partial charge is 0.305 e. The van der Waals surface area contributed by atoms with Gasteiger partial charge in [0.15, 0.2) is 11.5 Å². The van der Waals surface area contributed by atoms with Crippen molar-refractivity contribution in [2.45, 2.75) is 117 Å². The first-order chi connectivity index (χ1) is 20.6. The summed E-state index contributed by atoms with van der Waals surface area (Å²) in [5.74, 6) is 4.64. The lowest BCUT2D eigenvalue weighted by molar-refractivity contribution is -0.203. The predicted octanol–water partition coefficient (Wildman–Crippen LogP) is 7.22. The van der Waals surface area contributed by atoms with Gasteiger partial charge in [-0.3, -0.25) is 4.79 Å². The second kappa shape index (κ2) is 13.3. The van der Waals surface area contributed by atoms with E-state index in [2.05, 4.69) is 27.7 Å². The standard InChI is InChI=1S/C37H58O6/c1-7-26-30-22-25(38)15-18-37(30,4)29-16-19-36(3)27(12-13-28(36)34(29)35(26)40)23(2)17-20-43-33(39)10-8-9-24-11-14-31(41-5)32(21-24)42-6/h11,14,21,23,25-30,34-35,38,40H,7-10,12-13,15-20,22H2,1-6H3/t23-,25-,26-,27-,28+,29+,30+,34+,35-,36-,37-/m1/s1. The molecule has 2 N–H and O–H groups in total. The monoisotopic (exact) mass is 598 g/mol. The van der Waals surface area contributed by atoms with Crippen molar-refractivity contribution in [3.63, 3.8) is 0 Å². The number of rotatable bonds is 11. The molecule has 242 valence electrons. The van der Waals surface area contributed by atoms with Crippen molar-refractivity contribution in [1.29, 1.82) is 0 Å². The van der Waals surface area contributed by atoms with Crippen molar-refractivity contribution in [3.05, 3.63) is 23.8 Å². The van der Waals surface area contributed by atoms with Crippen LogP contribution in [0.15, 0.2) is 18.2 Å². The summed E-state index contributed by atoms with van der Waals surface area (Å²) in [7, 11) is 3.27. The molecule has 4 aliphatic rings. The summed E-state index contributed by atoms with van der Waals surface area (Å²) < 4.78 is 16.4. The topological polar surface area (TPSA) is 85.2 Å². The van der Waals surface area contributed by atoms with Crippen molar-refractivity contribution >= 4 is 5.97 Å². The summed E-state index contributed by atoms with van der Waals surface area (Å²) in [5, 5.41) is 22.5. The van der Waals surface area contributed by atoms with Crippen LogP contribution in [0.1, 0.15) is 104 Å². The Kier molecular flexibility index (Phi) is 10.1. The summed E-state index contributed by atoms with van der Waals surface area (Å²) in [5.41, 5.74) is 1.60. The van der Waals surface area contributed by atoms with E-state index in [1.165, 1.54) is 25.7 Å². The Balaban J connectivity index is 1.14. The molecule has 0 bridgehead atoms. The molecular weight excluding hydrogens is 540 g/mol. The number of hydrogen-bond donors (Lipinski definition) is 2. The van der Waals surface area contributed by atoms with E-state index in [9.17, 15) is 15.0 Å². The van der Waals surface area contributed by atoms with Gasteiger partial charge in [-0.25, -0.2) is 0 Å². The third-order valence-corrected chi connectivity index (χ3v) is 13.3. The zero-order chi connectivity index (χ0) is 30.9. The van der Waals surface area contributed by atoms with Crippen molar-refractivity contribution in [1.82, 2.24) is 0 Å². The molecule has 0 aromatic heterocycles. The minimum absolute atomic E-state index is 0.111. The molecule has 4 fully saturated rings. The fraction of sp³-hybridized carbons (Fsp3) is 0.811. The number of fused-ring (bicyclic) bond motifs is 5. The van der Waals surface area contributed by atoms with E-state index in [0.717, 1.165) is 50.5 Å². The van der Waals surface area contributed by atoms with Gasteiger partial charge >= 0.3 is 5.97 Å². The lowest BCUT2D eigenvalue weighted by Crippen LogP contribution is -2.62. The van der Waals surface area contributed by atoms with E-state index in [1.807, 2.05) is 18.2 Å². The lowest BCUT2D eigenvalue weighted by Gasteiger charge is -2.64. The van der Waals surface area contributed by atoms with Crippen molar-refractivity contribution in [3.8, 4) is 11.5 Å². The maximum Gasteiger partial charge on any atom is 0.305 e. The van der Waals surface area contributed by atoms with E-state index >= 15 is 0 Å². The molecule has 1 aromatic carbocycles. The van der Waals surface area contributed by atoms with Gasteiger partial charge in [0.05, 0.1) is 33.0 Å². The van der Waals surface area contributed by atoms with Gasteiger partial charge in [-0.1, -0.05) is 40.2 Å². The fourth-order valence-corrected chi connectivity index (χ4v) is 11.0. The maximum atomic E-state index is 12.6. The van der Waals surface area contributed by atoms with Crippen LogP contribution in [-0.4, -0.2) is 49.2 Å². The predicted molar refractivity (Wildman–Crippen MR) is 169 cm³/mol.